The molecule has 2 amide bonds. The minimum absolute atomic E-state index is 0.113. The van der Waals surface area contributed by atoms with Gasteiger partial charge in [-0.25, -0.2) is 0 Å². The van der Waals surface area contributed by atoms with Crippen LogP contribution in [0.5, 0.6) is 11.5 Å². The summed E-state index contributed by atoms with van der Waals surface area (Å²) < 4.78 is 15.2. The lowest BCUT2D eigenvalue weighted by molar-refractivity contribution is -0.141. The predicted molar refractivity (Wildman–Crippen MR) is 107 cm³/mol. The average Bonchev–Trinajstić information content (AvgIpc) is 2.73. The van der Waals surface area contributed by atoms with E-state index in [4.69, 9.17) is 9.47 Å². The van der Waals surface area contributed by atoms with Gasteiger partial charge in [-0.3, -0.25) is 14.4 Å². The highest BCUT2D eigenvalue weighted by Crippen LogP contribution is 2.19. The number of carbonyl (C=O) groups is 3. The number of ether oxygens (including phenoxy) is 3. The Hall–Kier alpha value is -3.55. The van der Waals surface area contributed by atoms with Crippen molar-refractivity contribution in [1.82, 2.24) is 5.32 Å². The Labute approximate surface area is 169 Å². The van der Waals surface area contributed by atoms with Crippen LogP contribution in [-0.2, 0) is 25.5 Å². The molecule has 1 unspecified atom stereocenters. The number of hydrogen-bond donors (Lipinski definition) is 2. The largest absolute Gasteiger partial charge is 0.497 e. The van der Waals surface area contributed by atoms with E-state index in [2.05, 4.69) is 15.4 Å². The molecule has 0 aromatic heterocycles. The first-order chi connectivity index (χ1) is 13.9. The lowest BCUT2D eigenvalue weighted by Gasteiger charge is -2.15. The van der Waals surface area contributed by atoms with E-state index in [1.165, 1.54) is 7.11 Å². The lowest BCUT2D eigenvalue weighted by atomic mass is 10.1. The van der Waals surface area contributed by atoms with Gasteiger partial charge < -0.3 is 24.8 Å². The molecule has 0 spiro atoms. The maximum Gasteiger partial charge on any atom is 0.325 e. The minimum atomic E-state index is -0.702. The number of amides is 2. The number of esters is 1. The summed E-state index contributed by atoms with van der Waals surface area (Å²) in [6.07, 6.45) is -0.588. The molecule has 154 valence electrons. The van der Waals surface area contributed by atoms with E-state index in [0.717, 1.165) is 5.56 Å². The highest BCUT2D eigenvalue weighted by atomic mass is 16.5. The number of methoxy groups -OCH3 is 2. The minimum Gasteiger partial charge on any atom is -0.497 e. The molecular formula is C21H24N2O6. The zero-order chi connectivity index (χ0) is 21.2. The zero-order valence-corrected chi connectivity index (χ0v) is 16.6. The summed E-state index contributed by atoms with van der Waals surface area (Å²) in [4.78, 5) is 35.1. The quantitative estimate of drug-likeness (QED) is 0.624. The molecule has 0 aliphatic carbocycles. The number of nitrogens with one attached hydrogen (secondary N) is 2. The van der Waals surface area contributed by atoms with Gasteiger partial charge in [-0.2, -0.15) is 0 Å². The SMILES string of the molecule is COC(=O)CNC(=O)Cc1ccc(NC(=O)C(C)Oc2ccc(OC)cc2)cc1. The van der Waals surface area contributed by atoms with Gasteiger partial charge in [0.05, 0.1) is 20.6 Å². The highest BCUT2D eigenvalue weighted by molar-refractivity contribution is 5.94. The maximum absolute atomic E-state index is 12.3. The molecule has 0 aliphatic heterocycles. The average molecular weight is 400 g/mol. The Morgan fingerprint density at radius 2 is 1.55 bits per heavy atom. The summed E-state index contributed by atoms with van der Waals surface area (Å²) in [5, 5.41) is 5.23. The molecular weight excluding hydrogens is 376 g/mol. The van der Waals surface area contributed by atoms with Crippen LogP contribution >= 0.6 is 0 Å². The topological polar surface area (TPSA) is 103 Å². The first-order valence-electron chi connectivity index (χ1n) is 8.95. The van der Waals surface area contributed by atoms with Crippen LogP contribution in [0.25, 0.3) is 0 Å². The molecule has 0 saturated heterocycles. The molecule has 1 atom stereocenters. The van der Waals surface area contributed by atoms with Crippen molar-refractivity contribution >= 4 is 23.5 Å². The summed E-state index contributed by atoms with van der Waals surface area (Å²) >= 11 is 0. The molecule has 2 rings (SSSR count). The monoisotopic (exact) mass is 400 g/mol. The molecule has 29 heavy (non-hydrogen) atoms. The van der Waals surface area contributed by atoms with Gasteiger partial charge in [0.2, 0.25) is 5.91 Å². The van der Waals surface area contributed by atoms with Gasteiger partial charge in [0.1, 0.15) is 18.0 Å². The lowest BCUT2D eigenvalue weighted by Crippen LogP contribution is -2.31. The van der Waals surface area contributed by atoms with Crippen molar-refractivity contribution < 1.29 is 28.6 Å². The second-order valence-electron chi connectivity index (χ2n) is 6.15. The molecule has 0 aliphatic rings. The van der Waals surface area contributed by atoms with Crippen LogP contribution in [0, 0.1) is 0 Å². The van der Waals surface area contributed by atoms with Crippen LogP contribution in [-0.4, -0.2) is 44.7 Å². The molecule has 0 fully saturated rings. The fourth-order valence-corrected chi connectivity index (χ4v) is 2.35. The zero-order valence-electron chi connectivity index (χ0n) is 16.6. The third kappa shape index (κ3) is 7.17. The summed E-state index contributed by atoms with van der Waals surface area (Å²) in [5.74, 6) is 0.149. The normalized spacial score (nSPS) is 11.1. The summed E-state index contributed by atoms with van der Waals surface area (Å²) in [6, 6.07) is 13.8. The molecule has 0 heterocycles. The van der Waals surface area contributed by atoms with Crippen molar-refractivity contribution in [2.75, 3.05) is 26.1 Å². The summed E-state index contributed by atoms with van der Waals surface area (Å²) in [7, 11) is 2.83. The Kier molecular flexibility index (Phi) is 8.02. The number of benzene rings is 2. The first-order valence-corrected chi connectivity index (χ1v) is 8.95. The molecule has 0 saturated carbocycles. The molecule has 2 aromatic rings. The molecule has 2 N–H and O–H groups in total. The smallest absolute Gasteiger partial charge is 0.325 e. The van der Waals surface area contributed by atoms with E-state index in [9.17, 15) is 14.4 Å². The van der Waals surface area contributed by atoms with Crippen LogP contribution in [0.4, 0.5) is 5.69 Å². The van der Waals surface area contributed by atoms with Crippen LogP contribution in [0.3, 0.4) is 0 Å². The van der Waals surface area contributed by atoms with Gasteiger partial charge in [0, 0.05) is 5.69 Å². The van der Waals surface area contributed by atoms with E-state index in [1.54, 1.807) is 62.6 Å². The van der Waals surface area contributed by atoms with Gasteiger partial charge in [-0.1, -0.05) is 12.1 Å². The van der Waals surface area contributed by atoms with Crippen molar-refractivity contribution in [2.45, 2.75) is 19.4 Å². The predicted octanol–water partition coefficient (Wildman–Crippen LogP) is 1.93. The van der Waals surface area contributed by atoms with Gasteiger partial charge in [-0.15, -0.1) is 0 Å². The summed E-state index contributed by atoms with van der Waals surface area (Å²) in [5.41, 5.74) is 1.33. The highest BCUT2D eigenvalue weighted by Gasteiger charge is 2.15. The molecule has 2 aromatic carbocycles. The van der Waals surface area contributed by atoms with Crippen molar-refractivity contribution in [3.8, 4) is 11.5 Å². The van der Waals surface area contributed by atoms with Gasteiger partial charge in [-0.05, 0) is 48.9 Å². The fraction of sp³-hybridized carbons (Fsp3) is 0.286. The van der Waals surface area contributed by atoms with Gasteiger partial charge in [0.15, 0.2) is 6.10 Å². The van der Waals surface area contributed by atoms with E-state index in [0.29, 0.717) is 17.2 Å². The van der Waals surface area contributed by atoms with E-state index >= 15 is 0 Å². The molecule has 8 heteroatoms. The number of rotatable bonds is 9. The maximum atomic E-state index is 12.3. The first kappa shape index (κ1) is 21.7. The van der Waals surface area contributed by atoms with Crippen LogP contribution in [0.2, 0.25) is 0 Å². The van der Waals surface area contributed by atoms with Crippen molar-refractivity contribution in [3.63, 3.8) is 0 Å². The number of hydrogen-bond acceptors (Lipinski definition) is 6. The van der Waals surface area contributed by atoms with E-state index in [1.807, 2.05) is 0 Å². The fourth-order valence-electron chi connectivity index (χ4n) is 2.35. The third-order valence-corrected chi connectivity index (χ3v) is 3.99. The second kappa shape index (κ2) is 10.7. The standard InChI is InChI=1S/C21H24N2O6/c1-14(29-18-10-8-17(27-2)9-11-18)21(26)23-16-6-4-15(5-7-16)12-19(24)22-13-20(25)28-3/h4-11,14H,12-13H2,1-3H3,(H,22,24)(H,23,26). The van der Waals surface area contributed by atoms with Crippen molar-refractivity contribution in [2.24, 2.45) is 0 Å². The Balaban J connectivity index is 1.83. The molecule has 8 nitrogen and oxygen atoms in total. The van der Waals surface area contributed by atoms with E-state index in [-0.39, 0.29) is 24.8 Å². The van der Waals surface area contributed by atoms with Crippen LogP contribution < -0.4 is 20.1 Å². The second-order valence-corrected chi connectivity index (χ2v) is 6.15. The number of anilines is 1. The van der Waals surface area contributed by atoms with E-state index < -0.39 is 12.1 Å². The van der Waals surface area contributed by atoms with Crippen LogP contribution in [0.15, 0.2) is 48.5 Å². The van der Waals surface area contributed by atoms with Gasteiger partial charge >= 0.3 is 5.97 Å². The van der Waals surface area contributed by atoms with Gasteiger partial charge in [0.25, 0.3) is 5.91 Å². The summed E-state index contributed by atoms with van der Waals surface area (Å²) in [6.45, 7) is 1.48. The number of carbonyl (C=O) groups excluding carboxylic acids is 3. The van der Waals surface area contributed by atoms with Crippen molar-refractivity contribution in [3.05, 3.63) is 54.1 Å². The molecule has 0 radical (unpaired) electrons. The molecule has 0 bridgehead atoms. The Bertz CT molecular complexity index is 833. The van der Waals surface area contributed by atoms with Crippen molar-refractivity contribution in [1.29, 1.82) is 0 Å². The Morgan fingerprint density at radius 1 is 0.931 bits per heavy atom. The third-order valence-electron chi connectivity index (χ3n) is 3.99. The Morgan fingerprint density at radius 3 is 2.14 bits per heavy atom. The van der Waals surface area contributed by atoms with Crippen LogP contribution in [0.1, 0.15) is 12.5 Å².